The van der Waals surface area contributed by atoms with Gasteiger partial charge in [0.05, 0.1) is 6.26 Å². The lowest BCUT2D eigenvalue weighted by Crippen LogP contribution is -2.20. The Hall–Kier alpha value is -2.12. The van der Waals surface area contributed by atoms with Crippen molar-refractivity contribution < 1.29 is 9.15 Å². The first-order valence-electron chi connectivity index (χ1n) is 6.92. The van der Waals surface area contributed by atoms with Gasteiger partial charge in [-0.15, -0.1) is 0 Å². The minimum atomic E-state index is 0.164. The average molecular weight is 291 g/mol. The lowest BCUT2D eigenvalue weighted by molar-refractivity contribution is 0.128. The predicted molar refractivity (Wildman–Crippen MR) is 80.7 cm³/mol. The zero-order valence-electron chi connectivity index (χ0n) is 12.3. The number of aromatic nitrogens is 2. The summed E-state index contributed by atoms with van der Waals surface area (Å²) in [5.41, 5.74) is 2.54. The molecule has 2 aromatic heterocycles. The van der Waals surface area contributed by atoms with Gasteiger partial charge in [0.15, 0.2) is 5.82 Å². The summed E-state index contributed by atoms with van der Waals surface area (Å²) in [6, 6.07) is 5.75. The first-order valence-corrected chi connectivity index (χ1v) is 6.92. The summed E-state index contributed by atoms with van der Waals surface area (Å²) in [5, 5.41) is 3.31. The summed E-state index contributed by atoms with van der Waals surface area (Å²) in [7, 11) is 0. The molecule has 7 nitrogen and oxygen atoms in total. The fourth-order valence-corrected chi connectivity index (χ4v) is 1.94. The zero-order valence-corrected chi connectivity index (χ0v) is 12.3. The Kier molecular flexibility index (Phi) is 5.53. The van der Waals surface area contributed by atoms with Crippen molar-refractivity contribution in [2.75, 3.05) is 17.3 Å². The molecule has 1 atom stereocenters. The first kappa shape index (κ1) is 15.3. The van der Waals surface area contributed by atoms with Gasteiger partial charge in [-0.3, -0.25) is 0 Å². The van der Waals surface area contributed by atoms with Gasteiger partial charge in [0.2, 0.25) is 0 Å². The van der Waals surface area contributed by atoms with Crippen molar-refractivity contribution in [3.05, 3.63) is 36.0 Å². The number of hydrogen-bond acceptors (Lipinski definition) is 7. The molecule has 2 aromatic rings. The molecule has 0 radical (unpaired) electrons. The van der Waals surface area contributed by atoms with Crippen LogP contribution in [0.5, 0.6) is 0 Å². The van der Waals surface area contributed by atoms with Crippen LogP contribution in [0, 0.1) is 0 Å². The third-order valence-electron chi connectivity index (χ3n) is 2.84. The number of hydrazine groups is 1. The van der Waals surface area contributed by atoms with E-state index in [1.54, 1.807) is 12.3 Å². The second kappa shape index (κ2) is 7.61. The molecule has 0 fully saturated rings. The molecule has 0 aliphatic carbocycles. The molecular formula is C14H21N5O2. The number of nitrogens with one attached hydrogen (secondary N) is 2. The lowest BCUT2D eigenvalue weighted by atomic mass is 10.2. The molecule has 0 amide bonds. The van der Waals surface area contributed by atoms with E-state index in [0.29, 0.717) is 30.7 Å². The number of rotatable bonds is 8. The van der Waals surface area contributed by atoms with Gasteiger partial charge in [-0.25, -0.2) is 15.8 Å². The molecule has 0 bridgehead atoms. The van der Waals surface area contributed by atoms with E-state index in [4.69, 9.17) is 15.0 Å². The fraction of sp³-hybridized carbons (Fsp3) is 0.429. The van der Waals surface area contributed by atoms with E-state index in [-0.39, 0.29) is 6.04 Å². The average Bonchev–Trinajstić information content (AvgIpc) is 2.97. The molecule has 0 aliphatic heterocycles. The van der Waals surface area contributed by atoms with E-state index in [2.05, 4.69) is 27.6 Å². The van der Waals surface area contributed by atoms with E-state index >= 15 is 0 Å². The second-order valence-electron chi connectivity index (χ2n) is 4.67. The highest BCUT2D eigenvalue weighted by atomic mass is 16.5. The van der Waals surface area contributed by atoms with E-state index in [9.17, 15) is 0 Å². The van der Waals surface area contributed by atoms with Crippen molar-refractivity contribution in [3.8, 4) is 0 Å². The number of nitrogens with two attached hydrogens (primary N) is 1. The van der Waals surface area contributed by atoms with Gasteiger partial charge in [0.25, 0.3) is 0 Å². The van der Waals surface area contributed by atoms with Crippen LogP contribution in [0.15, 0.2) is 28.9 Å². The standard InChI is InChI=1S/C14H21N5O2/c1-3-20-9-14-17-12(8-13(18-14)19-15)16-10(2)7-11-5-4-6-21-11/h4-6,8,10H,3,7,9,15H2,1-2H3,(H2,16,17,18,19). The highest BCUT2D eigenvalue weighted by Gasteiger charge is 2.09. The molecule has 21 heavy (non-hydrogen) atoms. The summed E-state index contributed by atoms with van der Waals surface area (Å²) >= 11 is 0. The molecular weight excluding hydrogens is 270 g/mol. The Morgan fingerprint density at radius 1 is 1.38 bits per heavy atom. The topological polar surface area (TPSA) is 98.2 Å². The summed E-state index contributed by atoms with van der Waals surface area (Å²) in [6.45, 7) is 4.95. The van der Waals surface area contributed by atoms with Crippen molar-refractivity contribution in [2.45, 2.75) is 32.9 Å². The van der Waals surface area contributed by atoms with Crippen LogP contribution in [0.25, 0.3) is 0 Å². The van der Waals surface area contributed by atoms with E-state index in [0.717, 1.165) is 12.2 Å². The van der Waals surface area contributed by atoms with Crippen LogP contribution >= 0.6 is 0 Å². The van der Waals surface area contributed by atoms with Crippen LogP contribution < -0.4 is 16.6 Å². The Morgan fingerprint density at radius 3 is 2.86 bits per heavy atom. The summed E-state index contributed by atoms with van der Waals surface area (Å²) in [5.74, 6) is 8.19. The van der Waals surface area contributed by atoms with Crippen LogP contribution in [-0.4, -0.2) is 22.6 Å². The number of nitrogens with zero attached hydrogens (tertiary/aromatic N) is 2. The maximum Gasteiger partial charge on any atom is 0.158 e. The third kappa shape index (κ3) is 4.73. The number of furan rings is 1. The minimum Gasteiger partial charge on any atom is -0.469 e. The van der Waals surface area contributed by atoms with Gasteiger partial charge in [-0.05, 0) is 26.0 Å². The SMILES string of the molecule is CCOCc1nc(NN)cc(NC(C)Cc2ccco2)n1. The number of nitrogen functional groups attached to an aromatic ring is 1. The summed E-state index contributed by atoms with van der Waals surface area (Å²) < 4.78 is 10.7. The monoisotopic (exact) mass is 291 g/mol. The van der Waals surface area contributed by atoms with Crippen LogP contribution in [-0.2, 0) is 17.8 Å². The minimum absolute atomic E-state index is 0.164. The van der Waals surface area contributed by atoms with Crippen LogP contribution in [0.2, 0.25) is 0 Å². The maximum atomic E-state index is 5.43. The quantitative estimate of drug-likeness (QED) is 0.505. The number of ether oxygens (including phenoxy) is 1. The normalized spacial score (nSPS) is 12.1. The Bertz CT molecular complexity index is 544. The largest absolute Gasteiger partial charge is 0.469 e. The van der Waals surface area contributed by atoms with Crippen LogP contribution in [0.4, 0.5) is 11.6 Å². The van der Waals surface area contributed by atoms with Gasteiger partial charge >= 0.3 is 0 Å². The van der Waals surface area contributed by atoms with Gasteiger partial charge in [-0.2, -0.15) is 0 Å². The van der Waals surface area contributed by atoms with Gasteiger partial charge < -0.3 is 19.9 Å². The van der Waals surface area contributed by atoms with Gasteiger partial charge in [0, 0.05) is 25.1 Å². The smallest absolute Gasteiger partial charge is 0.158 e. The first-order chi connectivity index (χ1) is 10.2. The van der Waals surface area contributed by atoms with Crippen molar-refractivity contribution >= 4 is 11.6 Å². The van der Waals surface area contributed by atoms with Gasteiger partial charge in [-0.1, -0.05) is 0 Å². The van der Waals surface area contributed by atoms with Crippen molar-refractivity contribution in [1.82, 2.24) is 9.97 Å². The van der Waals surface area contributed by atoms with E-state index in [1.165, 1.54) is 0 Å². The molecule has 7 heteroatoms. The molecule has 0 saturated carbocycles. The van der Waals surface area contributed by atoms with E-state index in [1.807, 2.05) is 19.1 Å². The third-order valence-corrected chi connectivity index (χ3v) is 2.84. The molecule has 2 rings (SSSR count). The molecule has 0 spiro atoms. The molecule has 2 heterocycles. The summed E-state index contributed by atoms with van der Waals surface area (Å²) in [4.78, 5) is 8.66. The van der Waals surface area contributed by atoms with Crippen molar-refractivity contribution in [1.29, 1.82) is 0 Å². The number of hydrogen-bond donors (Lipinski definition) is 3. The summed E-state index contributed by atoms with van der Waals surface area (Å²) in [6.07, 6.45) is 2.44. The molecule has 0 saturated heterocycles. The van der Waals surface area contributed by atoms with Crippen LogP contribution in [0.3, 0.4) is 0 Å². The molecule has 0 aliphatic rings. The highest BCUT2D eigenvalue weighted by Crippen LogP contribution is 2.14. The predicted octanol–water partition coefficient (Wildman–Crippen LogP) is 1.93. The highest BCUT2D eigenvalue weighted by molar-refractivity contribution is 5.47. The Morgan fingerprint density at radius 2 is 2.19 bits per heavy atom. The second-order valence-corrected chi connectivity index (χ2v) is 4.67. The molecule has 0 aromatic carbocycles. The fourth-order valence-electron chi connectivity index (χ4n) is 1.94. The molecule has 4 N–H and O–H groups in total. The van der Waals surface area contributed by atoms with Gasteiger partial charge in [0.1, 0.15) is 24.0 Å². The Balaban J connectivity index is 2.03. The maximum absolute atomic E-state index is 5.43. The Labute approximate surface area is 123 Å². The van der Waals surface area contributed by atoms with Crippen molar-refractivity contribution in [3.63, 3.8) is 0 Å². The number of anilines is 2. The molecule has 1 unspecified atom stereocenters. The van der Waals surface area contributed by atoms with E-state index < -0.39 is 0 Å². The zero-order chi connectivity index (χ0) is 15.1. The van der Waals surface area contributed by atoms with Crippen molar-refractivity contribution in [2.24, 2.45) is 5.84 Å². The lowest BCUT2D eigenvalue weighted by Gasteiger charge is -2.15. The van der Waals surface area contributed by atoms with Crippen LogP contribution in [0.1, 0.15) is 25.4 Å². The molecule has 114 valence electrons.